The number of aliphatic hydroxyl groups excluding tert-OH is 1. The third-order valence-electron chi connectivity index (χ3n) is 0.0913. The van der Waals surface area contributed by atoms with Crippen LogP contribution < -0.4 is 0 Å². The van der Waals surface area contributed by atoms with Gasteiger partial charge in [0, 0.05) is 0 Å². The van der Waals surface area contributed by atoms with Crippen LogP contribution >= 0.6 is 0 Å². The molecule has 0 aromatic carbocycles. The molecular weight excluding hydrogens is 75.0 g/mol. The average molecular weight is 80.1 g/mol. The molecule has 0 spiro atoms. The van der Waals surface area contributed by atoms with Gasteiger partial charge in [0.15, 0.2) is 0 Å². The molecule has 0 aliphatic heterocycles. The van der Waals surface area contributed by atoms with Crippen LogP contribution in [-0.2, 0) is 0 Å². The number of terminal acetylenes is 1. The molecular formula is C3H5NaO. The van der Waals surface area contributed by atoms with E-state index in [-0.39, 0.29) is 36.2 Å². The second-order valence-corrected chi connectivity index (χ2v) is 0.362. The molecule has 0 heterocycles. The first-order chi connectivity index (χ1) is 1.91. The van der Waals surface area contributed by atoms with Gasteiger partial charge in [-0.1, -0.05) is 5.92 Å². The molecule has 0 bridgehead atoms. The van der Waals surface area contributed by atoms with Crippen molar-refractivity contribution in [2.75, 3.05) is 6.61 Å². The standard InChI is InChI=1S/C3H4O.Na.H/c1-2-3-4;;/h1,4H,3H2;;. The first kappa shape index (κ1) is 9.10. The van der Waals surface area contributed by atoms with Crippen LogP contribution in [0.2, 0.25) is 0 Å². The molecule has 0 aliphatic rings. The monoisotopic (exact) mass is 80.0 g/mol. The van der Waals surface area contributed by atoms with Crippen molar-refractivity contribution in [3.8, 4) is 12.3 Å². The molecule has 0 atom stereocenters. The van der Waals surface area contributed by atoms with Gasteiger partial charge in [-0.3, -0.25) is 0 Å². The maximum absolute atomic E-state index is 7.64. The van der Waals surface area contributed by atoms with Crippen molar-refractivity contribution in [1.82, 2.24) is 0 Å². The Bertz CT molecular complexity index is 36.6. The summed E-state index contributed by atoms with van der Waals surface area (Å²) in [5.41, 5.74) is 0. The van der Waals surface area contributed by atoms with Crippen molar-refractivity contribution in [2.45, 2.75) is 0 Å². The van der Waals surface area contributed by atoms with E-state index in [1.165, 1.54) is 0 Å². The molecule has 0 fully saturated rings. The zero-order valence-electron chi connectivity index (χ0n) is 2.23. The summed E-state index contributed by atoms with van der Waals surface area (Å²) in [7, 11) is 0. The number of rotatable bonds is 0. The third-order valence-corrected chi connectivity index (χ3v) is 0.0913. The first-order valence-electron chi connectivity index (χ1n) is 0.958. The minimum absolute atomic E-state index is 0. The molecule has 0 aromatic rings. The summed E-state index contributed by atoms with van der Waals surface area (Å²) in [6.45, 7) is -0.153. The SMILES string of the molecule is C#CCO.[NaH]. The Kier molecular flexibility index (Phi) is 16.1. The van der Waals surface area contributed by atoms with Gasteiger partial charge in [-0.25, -0.2) is 0 Å². The van der Waals surface area contributed by atoms with E-state index in [4.69, 9.17) is 5.11 Å². The third kappa shape index (κ3) is 12.4. The van der Waals surface area contributed by atoms with Crippen LogP contribution in [0, 0.1) is 12.3 Å². The van der Waals surface area contributed by atoms with Gasteiger partial charge in [-0.2, -0.15) is 0 Å². The Labute approximate surface area is 53.7 Å². The fourth-order valence-electron chi connectivity index (χ4n) is 0. The Morgan fingerprint density at radius 2 is 2.00 bits per heavy atom. The van der Waals surface area contributed by atoms with Crippen LogP contribution in [0.5, 0.6) is 0 Å². The number of hydrogen-bond donors (Lipinski definition) is 1. The fourth-order valence-corrected chi connectivity index (χ4v) is 0. The van der Waals surface area contributed by atoms with E-state index < -0.39 is 0 Å². The van der Waals surface area contributed by atoms with E-state index in [2.05, 4.69) is 6.42 Å². The van der Waals surface area contributed by atoms with Crippen molar-refractivity contribution in [3.05, 3.63) is 0 Å². The molecule has 1 N–H and O–H groups in total. The fraction of sp³-hybridized carbons (Fsp3) is 0.333. The predicted molar refractivity (Wildman–Crippen MR) is 23.1 cm³/mol. The van der Waals surface area contributed by atoms with Crippen molar-refractivity contribution in [1.29, 1.82) is 0 Å². The average Bonchev–Trinajstić information content (AvgIpc) is 1.37. The van der Waals surface area contributed by atoms with Crippen LogP contribution in [0.25, 0.3) is 0 Å². The van der Waals surface area contributed by atoms with E-state index >= 15 is 0 Å². The van der Waals surface area contributed by atoms with Gasteiger partial charge in [0.1, 0.15) is 6.61 Å². The van der Waals surface area contributed by atoms with Gasteiger partial charge in [0.25, 0.3) is 0 Å². The van der Waals surface area contributed by atoms with Crippen LogP contribution in [0.15, 0.2) is 0 Å². The molecule has 0 unspecified atom stereocenters. The molecule has 0 rings (SSSR count). The van der Waals surface area contributed by atoms with E-state index in [1.54, 1.807) is 0 Å². The molecule has 0 aliphatic carbocycles. The summed E-state index contributed by atoms with van der Waals surface area (Å²) in [5, 5.41) is 7.64. The van der Waals surface area contributed by atoms with Crippen LogP contribution in [0.1, 0.15) is 0 Å². The first-order valence-corrected chi connectivity index (χ1v) is 0.958. The Morgan fingerprint density at radius 1 is 1.80 bits per heavy atom. The van der Waals surface area contributed by atoms with E-state index in [0.29, 0.717) is 0 Å². The topological polar surface area (TPSA) is 20.2 Å². The van der Waals surface area contributed by atoms with Crippen molar-refractivity contribution in [3.63, 3.8) is 0 Å². The molecule has 0 aromatic heterocycles. The molecule has 5 heavy (non-hydrogen) atoms. The summed E-state index contributed by atoms with van der Waals surface area (Å²) in [6.07, 6.45) is 4.53. The van der Waals surface area contributed by atoms with Gasteiger partial charge in [-0.05, 0) is 0 Å². The zero-order valence-corrected chi connectivity index (χ0v) is 2.23. The molecule has 1 nitrogen and oxygen atoms in total. The van der Waals surface area contributed by atoms with Gasteiger partial charge < -0.3 is 5.11 Å². The maximum atomic E-state index is 7.64. The van der Waals surface area contributed by atoms with Crippen LogP contribution in [0.3, 0.4) is 0 Å². The normalized spacial score (nSPS) is 4.00. The van der Waals surface area contributed by atoms with Gasteiger partial charge in [0.05, 0.1) is 0 Å². The van der Waals surface area contributed by atoms with E-state index in [1.807, 2.05) is 5.92 Å². The molecule has 2 heteroatoms. The molecule has 0 radical (unpaired) electrons. The number of aliphatic hydroxyl groups is 1. The van der Waals surface area contributed by atoms with Crippen molar-refractivity contribution >= 4 is 29.6 Å². The minimum atomic E-state index is -0.153. The molecule has 24 valence electrons. The van der Waals surface area contributed by atoms with Crippen LogP contribution in [-0.4, -0.2) is 41.3 Å². The van der Waals surface area contributed by atoms with E-state index in [0.717, 1.165) is 0 Å². The number of hydrogen-bond acceptors (Lipinski definition) is 1. The van der Waals surface area contributed by atoms with Crippen LogP contribution in [0.4, 0.5) is 0 Å². The van der Waals surface area contributed by atoms with Gasteiger partial charge in [0.2, 0.25) is 0 Å². The quantitative estimate of drug-likeness (QED) is 0.291. The summed E-state index contributed by atoms with van der Waals surface area (Å²) >= 11 is 0. The van der Waals surface area contributed by atoms with E-state index in [9.17, 15) is 0 Å². The van der Waals surface area contributed by atoms with Crippen molar-refractivity contribution < 1.29 is 5.11 Å². The Hall–Kier alpha value is 0.520. The van der Waals surface area contributed by atoms with Gasteiger partial charge >= 0.3 is 29.6 Å². The Balaban J connectivity index is 0. The summed E-state index contributed by atoms with van der Waals surface area (Å²) in [4.78, 5) is 0. The summed E-state index contributed by atoms with van der Waals surface area (Å²) in [6, 6.07) is 0. The Morgan fingerprint density at radius 3 is 2.00 bits per heavy atom. The predicted octanol–water partition coefficient (Wildman–Crippen LogP) is -1.04. The zero-order chi connectivity index (χ0) is 3.41. The van der Waals surface area contributed by atoms with Crippen molar-refractivity contribution in [2.24, 2.45) is 0 Å². The summed E-state index contributed by atoms with van der Waals surface area (Å²) < 4.78 is 0. The molecule has 0 amide bonds. The second-order valence-electron chi connectivity index (χ2n) is 0.362. The summed E-state index contributed by atoms with van der Waals surface area (Å²) in [5.74, 6) is 1.99. The molecule has 0 saturated carbocycles. The van der Waals surface area contributed by atoms with Gasteiger partial charge in [-0.15, -0.1) is 6.42 Å². The molecule has 0 saturated heterocycles. The second kappa shape index (κ2) is 8.82.